The predicted octanol–water partition coefficient (Wildman–Crippen LogP) is 3.54. The first-order valence-electron chi connectivity index (χ1n) is 5.17. The van der Waals surface area contributed by atoms with Crippen molar-refractivity contribution < 1.29 is 13.2 Å². The van der Waals surface area contributed by atoms with E-state index in [2.05, 4.69) is 11.6 Å². The van der Waals surface area contributed by atoms with Crippen LogP contribution in [0.15, 0.2) is 6.58 Å². The van der Waals surface area contributed by atoms with Crippen LogP contribution < -0.4 is 0 Å². The lowest BCUT2D eigenvalue weighted by atomic mass is 10.00. The minimum atomic E-state index is -4.40. The summed E-state index contributed by atoms with van der Waals surface area (Å²) < 4.78 is 38.3. The van der Waals surface area contributed by atoms with E-state index in [1.54, 1.807) is 6.92 Å². The van der Waals surface area contributed by atoms with Gasteiger partial charge in [-0.1, -0.05) is 12.7 Å². The molecule has 1 aromatic rings. The highest BCUT2D eigenvalue weighted by molar-refractivity contribution is 5.58. The number of nitrogens with zero attached hydrogens (tertiary/aromatic N) is 1. The molecule has 86 valence electrons. The zero-order valence-corrected chi connectivity index (χ0v) is 8.99. The van der Waals surface area contributed by atoms with Crippen molar-refractivity contribution in [3.63, 3.8) is 0 Å². The van der Waals surface area contributed by atoms with Crippen LogP contribution in [-0.4, -0.2) is 4.98 Å². The zero-order valence-electron chi connectivity index (χ0n) is 8.99. The van der Waals surface area contributed by atoms with E-state index in [9.17, 15) is 13.2 Å². The molecule has 0 saturated carbocycles. The van der Waals surface area contributed by atoms with Crippen molar-refractivity contribution in [2.75, 3.05) is 0 Å². The van der Waals surface area contributed by atoms with E-state index in [-0.39, 0.29) is 5.56 Å². The van der Waals surface area contributed by atoms with E-state index < -0.39 is 11.9 Å². The topological polar surface area (TPSA) is 12.9 Å². The molecule has 0 aliphatic heterocycles. The lowest BCUT2D eigenvalue weighted by molar-refractivity contribution is -0.141. The summed E-state index contributed by atoms with van der Waals surface area (Å²) in [5.74, 6) is 0. The molecule has 1 aliphatic carbocycles. The third-order valence-corrected chi connectivity index (χ3v) is 3.02. The second-order valence-electron chi connectivity index (χ2n) is 3.98. The van der Waals surface area contributed by atoms with Crippen LogP contribution >= 0.6 is 0 Å². The smallest absolute Gasteiger partial charge is 0.247 e. The molecule has 4 heteroatoms. The van der Waals surface area contributed by atoms with Crippen LogP contribution in [0, 0.1) is 6.92 Å². The zero-order chi connectivity index (χ0) is 11.9. The summed E-state index contributed by atoms with van der Waals surface area (Å²) in [5.41, 5.74) is 1.61. The molecule has 0 atom stereocenters. The lowest BCUT2D eigenvalue weighted by Crippen LogP contribution is -2.14. The fourth-order valence-corrected chi connectivity index (χ4v) is 2.26. The van der Waals surface area contributed by atoms with Gasteiger partial charge >= 0.3 is 6.18 Å². The molecule has 1 aromatic heterocycles. The second-order valence-corrected chi connectivity index (χ2v) is 3.98. The number of aromatic nitrogens is 1. The van der Waals surface area contributed by atoms with E-state index in [0.717, 1.165) is 18.4 Å². The number of fused-ring (bicyclic) bond motifs is 1. The van der Waals surface area contributed by atoms with Crippen LogP contribution in [0.3, 0.4) is 0 Å². The molecule has 16 heavy (non-hydrogen) atoms. The van der Waals surface area contributed by atoms with Gasteiger partial charge in [-0.05, 0) is 37.3 Å². The van der Waals surface area contributed by atoms with Gasteiger partial charge in [-0.2, -0.15) is 13.2 Å². The molecule has 2 rings (SSSR count). The van der Waals surface area contributed by atoms with Gasteiger partial charge < -0.3 is 0 Å². The van der Waals surface area contributed by atoms with Crippen molar-refractivity contribution in [1.82, 2.24) is 4.98 Å². The number of alkyl halides is 3. The van der Waals surface area contributed by atoms with Crippen LogP contribution in [0.1, 0.15) is 34.5 Å². The molecular weight excluding hydrogens is 215 g/mol. The Morgan fingerprint density at radius 2 is 2.00 bits per heavy atom. The van der Waals surface area contributed by atoms with Gasteiger partial charge in [0, 0.05) is 11.3 Å². The van der Waals surface area contributed by atoms with Crippen molar-refractivity contribution in [2.45, 2.75) is 32.4 Å². The van der Waals surface area contributed by atoms with Crippen LogP contribution in [0.2, 0.25) is 0 Å². The van der Waals surface area contributed by atoms with Gasteiger partial charge in [0.15, 0.2) is 5.69 Å². The van der Waals surface area contributed by atoms with Gasteiger partial charge in [0.2, 0.25) is 0 Å². The van der Waals surface area contributed by atoms with Crippen molar-refractivity contribution in [3.05, 3.63) is 34.7 Å². The maximum Gasteiger partial charge on any atom is 0.433 e. The third-order valence-electron chi connectivity index (χ3n) is 3.02. The SMILES string of the molecule is C=Cc1c(C(F)(F)F)nc2c(c1C)CCC2. The van der Waals surface area contributed by atoms with Gasteiger partial charge in [-0.25, -0.2) is 4.98 Å². The molecule has 0 saturated heterocycles. The minimum absolute atomic E-state index is 0.133. The van der Waals surface area contributed by atoms with Crippen LogP contribution in [0.25, 0.3) is 6.08 Å². The van der Waals surface area contributed by atoms with Gasteiger partial charge in [-0.3, -0.25) is 0 Å². The fourth-order valence-electron chi connectivity index (χ4n) is 2.26. The Bertz CT molecular complexity index is 447. The first kappa shape index (κ1) is 11.2. The third kappa shape index (κ3) is 1.62. The lowest BCUT2D eigenvalue weighted by Gasteiger charge is -2.15. The normalized spacial score (nSPS) is 15.0. The standard InChI is InChI=1S/C12H12F3N/c1-3-8-7(2)9-5-4-6-10(9)16-11(8)12(13,14)15/h3H,1,4-6H2,2H3. The summed E-state index contributed by atoms with van der Waals surface area (Å²) >= 11 is 0. The molecule has 0 spiro atoms. The fraction of sp³-hybridized carbons (Fsp3) is 0.417. The number of rotatable bonds is 1. The first-order chi connectivity index (χ1) is 7.45. The number of halogens is 3. The molecule has 0 amide bonds. The summed E-state index contributed by atoms with van der Waals surface area (Å²) in [6.07, 6.45) is -0.777. The van der Waals surface area contributed by atoms with Gasteiger partial charge in [0.25, 0.3) is 0 Å². The first-order valence-corrected chi connectivity index (χ1v) is 5.17. The number of pyridine rings is 1. The summed E-state index contributed by atoms with van der Waals surface area (Å²) in [6.45, 7) is 5.17. The highest BCUT2D eigenvalue weighted by Gasteiger charge is 2.37. The van der Waals surface area contributed by atoms with Crippen molar-refractivity contribution >= 4 is 6.08 Å². The van der Waals surface area contributed by atoms with Crippen molar-refractivity contribution in [1.29, 1.82) is 0 Å². The Labute approximate surface area is 92.0 Å². The molecule has 1 aliphatic rings. The summed E-state index contributed by atoms with van der Waals surface area (Å²) in [7, 11) is 0. The van der Waals surface area contributed by atoms with E-state index in [1.807, 2.05) is 0 Å². The summed E-state index contributed by atoms with van der Waals surface area (Å²) in [4.78, 5) is 3.76. The van der Waals surface area contributed by atoms with E-state index in [1.165, 1.54) is 6.08 Å². The van der Waals surface area contributed by atoms with Crippen molar-refractivity contribution in [2.24, 2.45) is 0 Å². The molecular formula is C12H12F3N. The van der Waals surface area contributed by atoms with Gasteiger partial charge in [-0.15, -0.1) is 0 Å². The molecule has 0 fully saturated rings. The highest BCUT2D eigenvalue weighted by Crippen LogP contribution is 2.36. The number of hydrogen-bond donors (Lipinski definition) is 0. The minimum Gasteiger partial charge on any atom is -0.247 e. The molecule has 0 bridgehead atoms. The Kier molecular flexibility index (Phi) is 2.52. The van der Waals surface area contributed by atoms with Gasteiger partial charge in [0.05, 0.1) is 0 Å². The monoisotopic (exact) mass is 227 g/mol. The Morgan fingerprint density at radius 1 is 1.31 bits per heavy atom. The molecule has 0 unspecified atom stereocenters. The molecule has 0 radical (unpaired) electrons. The summed E-state index contributed by atoms with van der Waals surface area (Å²) in [6, 6.07) is 0. The average Bonchev–Trinajstić information content (AvgIpc) is 2.64. The largest absolute Gasteiger partial charge is 0.433 e. The predicted molar refractivity (Wildman–Crippen MR) is 56.1 cm³/mol. The maximum absolute atomic E-state index is 12.8. The van der Waals surface area contributed by atoms with E-state index >= 15 is 0 Å². The molecule has 1 heterocycles. The van der Waals surface area contributed by atoms with E-state index in [4.69, 9.17) is 0 Å². The van der Waals surface area contributed by atoms with E-state index in [0.29, 0.717) is 17.7 Å². The molecule has 1 nitrogen and oxygen atoms in total. The van der Waals surface area contributed by atoms with Gasteiger partial charge in [0.1, 0.15) is 0 Å². The quantitative estimate of drug-likeness (QED) is 0.715. The highest BCUT2D eigenvalue weighted by atomic mass is 19.4. The van der Waals surface area contributed by atoms with Crippen LogP contribution in [0.5, 0.6) is 0 Å². The number of aryl methyl sites for hydroxylation is 1. The van der Waals surface area contributed by atoms with Crippen LogP contribution in [-0.2, 0) is 19.0 Å². The molecule has 0 aromatic carbocycles. The Morgan fingerprint density at radius 3 is 2.56 bits per heavy atom. The molecule has 0 N–H and O–H groups in total. The van der Waals surface area contributed by atoms with Crippen molar-refractivity contribution in [3.8, 4) is 0 Å². The Balaban J connectivity index is 2.71. The summed E-state index contributed by atoms with van der Waals surface area (Å²) in [5, 5.41) is 0. The Hall–Kier alpha value is -1.32. The van der Waals surface area contributed by atoms with Crippen LogP contribution in [0.4, 0.5) is 13.2 Å². The second kappa shape index (κ2) is 3.61. The average molecular weight is 227 g/mol. The number of hydrogen-bond acceptors (Lipinski definition) is 1. The maximum atomic E-state index is 12.8.